The lowest BCUT2D eigenvalue weighted by molar-refractivity contribution is -0.122. The third-order valence-electron chi connectivity index (χ3n) is 5.15. The Labute approximate surface area is 188 Å². The van der Waals surface area contributed by atoms with E-state index in [1.165, 1.54) is 6.07 Å². The number of carbonyl (C=O) groups is 1. The first-order valence-corrected chi connectivity index (χ1v) is 12.0. The molecule has 1 atom stereocenters. The molecule has 0 saturated heterocycles. The molecular formula is C24H28N4O3S. The fourth-order valence-corrected chi connectivity index (χ4v) is 4.62. The summed E-state index contributed by atoms with van der Waals surface area (Å²) >= 11 is 0. The number of fused-ring (bicyclic) bond motifs is 1. The molecule has 32 heavy (non-hydrogen) atoms. The van der Waals surface area contributed by atoms with E-state index in [0.29, 0.717) is 17.7 Å². The van der Waals surface area contributed by atoms with Crippen LogP contribution in [0.2, 0.25) is 0 Å². The normalized spacial score (nSPS) is 12.4. The van der Waals surface area contributed by atoms with Gasteiger partial charge < -0.3 is 11.1 Å². The zero-order chi connectivity index (χ0) is 23.1. The Balaban J connectivity index is 1.88. The molecule has 7 nitrogen and oxygen atoms in total. The molecule has 1 amide bonds. The zero-order valence-electron chi connectivity index (χ0n) is 18.0. The summed E-state index contributed by atoms with van der Waals surface area (Å²) in [6.07, 6.45) is 1.84. The molecule has 0 unspecified atom stereocenters. The molecule has 0 saturated carbocycles. The number of nitrogens with two attached hydrogens (primary N) is 1. The van der Waals surface area contributed by atoms with Crippen LogP contribution < -0.4 is 15.8 Å². The number of amidine groups is 1. The number of hydrogen-bond acceptors (Lipinski definition) is 4. The third-order valence-corrected chi connectivity index (χ3v) is 6.62. The van der Waals surface area contributed by atoms with Gasteiger partial charge in [0.25, 0.3) is 0 Å². The predicted molar refractivity (Wildman–Crippen MR) is 127 cm³/mol. The van der Waals surface area contributed by atoms with Gasteiger partial charge in [-0.05, 0) is 47.4 Å². The van der Waals surface area contributed by atoms with Crippen molar-refractivity contribution in [3.63, 3.8) is 0 Å². The molecule has 168 valence electrons. The first-order valence-electron chi connectivity index (χ1n) is 10.5. The van der Waals surface area contributed by atoms with Crippen LogP contribution in [0.15, 0.2) is 71.6 Å². The van der Waals surface area contributed by atoms with Crippen LogP contribution in [-0.2, 0) is 21.2 Å². The number of nitrogens with one attached hydrogen (secondary N) is 3. The van der Waals surface area contributed by atoms with Crippen molar-refractivity contribution in [2.45, 2.75) is 37.1 Å². The molecule has 0 aliphatic rings. The van der Waals surface area contributed by atoms with Crippen LogP contribution in [0.1, 0.15) is 30.9 Å². The van der Waals surface area contributed by atoms with E-state index in [9.17, 15) is 13.2 Å². The molecular weight excluding hydrogens is 424 g/mol. The van der Waals surface area contributed by atoms with Crippen molar-refractivity contribution < 1.29 is 13.2 Å². The Morgan fingerprint density at radius 2 is 1.78 bits per heavy atom. The third kappa shape index (κ3) is 5.93. The summed E-state index contributed by atoms with van der Waals surface area (Å²) in [7, 11) is -3.95. The van der Waals surface area contributed by atoms with Crippen LogP contribution in [0.3, 0.4) is 0 Å². The number of sulfonamides is 1. The topological polar surface area (TPSA) is 125 Å². The van der Waals surface area contributed by atoms with E-state index in [0.717, 1.165) is 23.6 Å². The van der Waals surface area contributed by atoms with E-state index in [4.69, 9.17) is 11.1 Å². The molecule has 5 N–H and O–H groups in total. The van der Waals surface area contributed by atoms with Gasteiger partial charge in [-0.1, -0.05) is 61.9 Å². The lowest BCUT2D eigenvalue weighted by atomic mass is 10.0. The molecule has 0 aliphatic carbocycles. The van der Waals surface area contributed by atoms with Crippen molar-refractivity contribution in [1.29, 1.82) is 5.41 Å². The quantitative estimate of drug-likeness (QED) is 0.214. The van der Waals surface area contributed by atoms with Gasteiger partial charge in [0, 0.05) is 12.1 Å². The fourth-order valence-electron chi connectivity index (χ4n) is 3.39. The highest BCUT2D eigenvalue weighted by Crippen LogP contribution is 2.19. The minimum Gasteiger partial charge on any atom is -0.384 e. The molecule has 0 aromatic heterocycles. The van der Waals surface area contributed by atoms with Gasteiger partial charge in [0.2, 0.25) is 15.9 Å². The van der Waals surface area contributed by atoms with Crippen LogP contribution in [0, 0.1) is 5.41 Å². The Morgan fingerprint density at radius 3 is 2.50 bits per heavy atom. The standard InChI is InChI=1S/C24H28N4O3S/c1-2-3-13-27-24(29)22(15-17-7-6-10-20(14-17)23(25)26)28-32(30,31)21-12-11-18-8-4-5-9-19(18)16-21/h4-12,14,16,22,28H,2-3,13,15H2,1H3,(H3,25,26)(H,27,29)/t22-/m0/s1. The van der Waals surface area contributed by atoms with Crippen LogP contribution in [-0.4, -0.2) is 32.7 Å². The van der Waals surface area contributed by atoms with E-state index in [1.54, 1.807) is 36.4 Å². The van der Waals surface area contributed by atoms with Crippen LogP contribution in [0.5, 0.6) is 0 Å². The van der Waals surface area contributed by atoms with E-state index in [2.05, 4.69) is 10.0 Å². The lowest BCUT2D eigenvalue weighted by Gasteiger charge is -2.19. The summed E-state index contributed by atoms with van der Waals surface area (Å²) in [5.41, 5.74) is 6.79. The molecule has 0 spiro atoms. The maximum Gasteiger partial charge on any atom is 0.241 e. The minimum atomic E-state index is -3.95. The molecule has 8 heteroatoms. The summed E-state index contributed by atoms with van der Waals surface area (Å²) < 4.78 is 28.9. The van der Waals surface area contributed by atoms with E-state index in [-0.39, 0.29) is 17.2 Å². The molecule has 3 aromatic carbocycles. The van der Waals surface area contributed by atoms with Gasteiger partial charge in [-0.15, -0.1) is 0 Å². The fraction of sp³-hybridized carbons (Fsp3) is 0.250. The molecule has 0 aliphatic heterocycles. The number of unbranched alkanes of at least 4 members (excludes halogenated alkanes) is 1. The van der Waals surface area contributed by atoms with Gasteiger partial charge in [0.05, 0.1) is 4.90 Å². The SMILES string of the molecule is CCCCNC(=O)[C@H](Cc1cccc(C(=N)N)c1)NS(=O)(=O)c1ccc2ccccc2c1. The van der Waals surface area contributed by atoms with Crippen molar-refractivity contribution >= 4 is 32.5 Å². The molecule has 3 rings (SSSR count). The summed E-state index contributed by atoms with van der Waals surface area (Å²) in [4.78, 5) is 13.0. The smallest absolute Gasteiger partial charge is 0.241 e. The van der Waals surface area contributed by atoms with Crippen LogP contribution in [0.4, 0.5) is 0 Å². The van der Waals surface area contributed by atoms with Crippen molar-refractivity contribution in [3.05, 3.63) is 77.9 Å². The second kappa shape index (κ2) is 10.4. The summed E-state index contributed by atoms with van der Waals surface area (Å²) in [5, 5.41) is 12.2. The monoisotopic (exact) mass is 452 g/mol. The average Bonchev–Trinajstić information content (AvgIpc) is 2.78. The number of benzene rings is 3. The minimum absolute atomic E-state index is 0.0902. The molecule has 0 heterocycles. The molecule has 3 aromatic rings. The lowest BCUT2D eigenvalue weighted by Crippen LogP contribution is -2.48. The largest absolute Gasteiger partial charge is 0.384 e. The first-order chi connectivity index (χ1) is 15.3. The Morgan fingerprint density at radius 1 is 1.03 bits per heavy atom. The van der Waals surface area contributed by atoms with Gasteiger partial charge in [-0.25, -0.2) is 8.42 Å². The highest BCUT2D eigenvalue weighted by Gasteiger charge is 2.26. The highest BCUT2D eigenvalue weighted by molar-refractivity contribution is 7.89. The predicted octanol–water partition coefficient (Wildman–Crippen LogP) is 2.93. The average molecular weight is 453 g/mol. The van der Waals surface area contributed by atoms with Crippen LogP contribution >= 0.6 is 0 Å². The van der Waals surface area contributed by atoms with Gasteiger partial charge in [0.15, 0.2) is 0 Å². The van der Waals surface area contributed by atoms with E-state index in [1.807, 2.05) is 31.2 Å². The van der Waals surface area contributed by atoms with Crippen molar-refractivity contribution in [1.82, 2.24) is 10.0 Å². The van der Waals surface area contributed by atoms with Gasteiger partial charge in [0.1, 0.15) is 11.9 Å². The van der Waals surface area contributed by atoms with Crippen molar-refractivity contribution in [2.75, 3.05) is 6.54 Å². The highest BCUT2D eigenvalue weighted by atomic mass is 32.2. The van der Waals surface area contributed by atoms with Crippen LogP contribution in [0.25, 0.3) is 10.8 Å². The van der Waals surface area contributed by atoms with Crippen molar-refractivity contribution in [3.8, 4) is 0 Å². The second-order valence-electron chi connectivity index (χ2n) is 7.65. The number of amides is 1. The molecule has 0 fully saturated rings. The summed E-state index contributed by atoms with van der Waals surface area (Å²) in [5.74, 6) is -0.483. The van der Waals surface area contributed by atoms with Gasteiger partial charge in [-0.3, -0.25) is 10.2 Å². The maximum absolute atomic E-state index is 13.1. The number of carbonyl (C=O) groups excluding carboxylic acids is 1. The Hall–Kier alpha value is -3.23. The van der Waals surface area contributed by atoms with E-state index >= 15 is 0 Å². The number of rotatable bonds is 10. The maximum atomic E-state index is 13.1. The van der Waals surface area contributed by atoms with Gasteiger partial charge in [-0.2, -0.15) is 4.72 Å². The summed E-state index contributed by atoms with van der Waals surface area (Å²) in [6, 6.07) is 18.3. The zero-order valence-corrected chi connectivity index (χ0v) is 18.8. The van der Waals surface area contributed by atoms with Gasteiger partial charge >= 0.3 is 0 Å². The molecule has 0 radical (unpaired) electrons. The first kappa shape index (κ1) is 23.4. The second-order valence-corrected chi connectivity index (χ2v) is 9.36. The molecule has 0 bridgehead atoms. The Bertz CT molecular complexity index is 1220. The Kier molecular flexibility index (Phi) is 7.61. The summed E-state index contributed by atoms with van der Waals surface area (Å²) in [6.45, 7) is 2.48. The van der Waals surface area contributed by atoms with E-state index < -0.39 is 22.0 Å². The van der Waals surface area contributed by atoms with Crippen molar-refractivity contribution in [2.24, 2.45) is 5.73 Å². The number of nitrogen functional groups attached to an aromatic ring is 1. The number of hydrogen-bond donors (Lipinski definition) is 4.